The Kier molecular flexibility index (Phi) is 3.47. The molecule has 0 aliphatic carbocycles. The van der Waals surface area contributed by atoms with E-state index in [2.05, 4.69) is 4.98 Å². The van der Waals surface area contributed by atoms with E-state index >= 15 is 0 Å². The Labute approximate surface area is 107 Å². The molecule has 2 aromatic rings. The van der Waals surface area contributed by atoms with Gasteiger partial charge in [-0.05, 0) is 6.07 Å². The lowest BCUT2D eigenvalue weighted by Gasteiger charge is -2.08. The molecule has 0 aromatic carbocycles. The standard InChI is InChI=1S/C11H11ClN4O2/c12-10-9(13)11(18)16(7-14-10)6-5-15-4-2-1-3-8(15)17/h1-4,7H,5-6,13H2. The van der Waals surface area contributed by atoms with Crippen molar-refractivity contribution in [3.8, 4) is 0 Å². The number of aromatic nitrogens is 3. The van der Waals surface area contributed by atoms with E-state index in [1.165, 1.54) is 21.5 Å². The summed E-state index contributed by atoms with van der Waals surface area (Å²) in [5, 5.41) is -0.00636. The molecule has 94 valence electrons. The van der Waals surface area contributed by atoms with Crippen molar-refractivity contribution >= 4 is 17.3 Å². The molecule has 2 rings (SSSR count). The molecule has 2 heterocycles. The molecule has 6 nitrogen and oxygen atoms in total. The maximum atomic E-state index is 11.7. The number of pyridine rings is 1. The number of anilines is 1. The molecule has 0 spiro atoms. The van der Waals surface area contributed by atoms with E-state index in [0.717, 1.165) is 0 Å². The van der Waals surface area contributed by atoms with Gasteiger partial charge in [0.05, 0.1) is 6.33 Å². The van der Waals surface area contributed by atoms with E-state index in [0.29, 0.717) is 13.1 Å². The van der Waals surface area contributed by atoms with Gasteiger partial charge in [0, 0.05) is 25.4 Å². The Balaban J connectivity index is 2.22. The predicted octanol–water partition coefficient (Wildman–Crippen LogP) is 0.341. The second-order valence-corrected chi connectivity index (χ2v) is 4.04. The summed E-state index contributed by atoms with van der Waals surface area (Å²) >= 11 is 5.62. The first-order valence-electron chi connectivity index (χ1n) is 5.25. The van der Waals surface area contributed by atoms with Crippen LogP contribution >= 0.6 is 11.6 Å². The highest BCUT2D eigenvalue weighted by atomic mass is 35.5. The average molecular weight is 267 g/mol. The lowest BCUT2D eigenvalue weighted by atomic mass is 10.4. The van der Waals surface area contributed by atoms with Gasteiger partial charge in [-0.15, -0.1) is 0 Å². The van der Waals surface area contributed by atoms with E-state index in [1.807, 2.05) is 0 Å². The summed E-state index contributed by atoms with van der Waals surface area (Å²) < 4.78 is 2.82. The van der Waals surface area contributed by atoms with Crippen LogP contribution in [0.15, 0.2) is 40.3 Å². The summed E-state index contributed by atoms with van der Waals surface area (Å²) in [6, 6.07) is 4.86. The first kappa shape index (κ1) is 12.4. The number of aryl methyl sites for hydroxylation is 2. The zero-order valence-corrected chi connectivity index (χ0v) is 10.2. The van der Waals surface area contributed by atoms with Gasteiger partial charge >= 0.3 is 0 Å². The normalized spacial score (nSPS) is 10.5. The van der Waals surface area contributed by atoms with E-state index in [-0.39, 0.29) is 16.4 Å². The zero-order chi connectivity index (χ0) is 13.1. The summed E-state index contributed by atoms with van der Waals surface area (Å²) in [6.45, 7) is 0.666. The van der Waals surface area contributed by atoms with Crippen molar-refractivity contribution in [2.24, 2.45) is 0 Å². The molecule has 0 saturated heterocycles. The first-order valence-corrected chi connectivity index (χ1v) is 5.63. The fraction of sp³-hybridized carbons (Fsp3) is 0.182. The highest BCUT2D eigenvalue weighted by Crippen LogP contribution is 2.07. The number of nitrogen functional groups attached to an aromatic ring is 1. The van der Waals surface area contributed by atoms with Crippen LogP contribution in [0.5, 0.6) is 0 Å². The highest BCUT2D eigenvalue weighted by Gasteiger charge is 2.06. The number of rotatable bonds is 3. The monoisotopic (exact) mass is 266 g/mol. The Hall–Kier alpha value is -2.08. The van der Waals surface area contributed by atoms with Gasteiger partial charge in [0.25, 0.3) is 11.1 Å². The minimum atomic E-state index is -0.404. The van der Waals surface area contributed by atoms with E-state index in [4.69, 9.17) is 17.3 Å². The average Bonchev–Trinajstić information content (AvgIpc) is 2.37. The van der Waals surface area contributed by atoms with Crippen LogP contribution in [0.3, 0.4) is 0 Å². The molecule has 18 heavy (non-hydrogen) atoms. The molecule has 0 fully saturated rings. The van der Waals surface area contributed by atoms with Gasteiger partial charge in [-0.25, -0.2) is 4.98 Å². The van der Waals surface area contributed by atoms with Crippen LogP contribution in [0.25, 0.3) is 0 Å². The smallest absolute Gasteiger partial charge is 0.278 e. The minimum absolute atomic E-state index is 0.00636. The second kappa shape index (κ2) is 5.05. The van der Waals surface area contributed by atoms with Crippen LogP contribution < -0.4 is 16.9 Å². The lowest BCUT2D eigenvalue weighted by molar-refractivity contribution is 0.547. The van der Waals surface area contributed by atoms with Gasteiger partial charge in [-0.2, -0.15) is 0 Å². The van der Waals surface area contributed by atoms with Crippen molar-refractivity contribution in [1.82, 2.24) is 14.1 Å². The molecule has 0 unspecified atom stereocenters. The molecule has 0 radical (unpaired) electrons. The first-order chi connectivity index (χ1) is 8.59. The van der Waals surface area contributed by atoms with Crippen molar-refractivity contribution in [2.45, 2.75) is 13.1 Å². The maximum Gasteiger partial charge on any atom is 0.278 e. The third kappa shape index (κ3) is 2.43. The SMILES string of the molecule is Nc1c(Cl)ncn(CCn2ccccc2=O)c1=O. The van der Waals surface area contributed by atoms with Gasteiger partial charge in [0.2, 0.25) is 0 Å². The predicted molar refractivity (Wildman–Crippen MR) is 68.6 cm³/mol. The number of halogens is 1. The number of nitrogens with zero attached hydrogens (tertiary/aromatic N) is 3. The van der Waals surface area contributed by atoms with Gasteiger partial charge in [0.1, 0.15) is 5.69 Å². The molecule has 0 amide bonds. The van der Waals surface area contributed by atoms with Crippen LogP contribution in [-0.4, -0.2) is 14.1 Å². The third-order valence-corrected chi connectivity index (χ3v) is 2.81. The summed E-state index contributed by atoms with van der Waals surface area (Å²) in [5.74, 6) is 0. The molecule has 0 atom stereocenters. The van der Waals surface area contributed by atoms with Crippen LogP contribution in [0, 0.1) is 0 Å². The van der Waals surface area contributed by atoms with Crippen LogP contribution in [0.4, 0.5) is 5.69 Å². The quantitative estimate of drug-likeness (QED) is 0.812. The number of hydrogen-bond acceptors (Lipinski definition) is 4. The molecular weight excluding hydrogens is 256 g/mol. The van der Waals surface area contributed by atoms with Gasteiger partial charge in [-0.3, -0.25) is 14.2 Å². The molecule has 0 bridgehead atoms. The maximum absolute atomic E-state index is 11.7. The molecule has 0 aliphatic rings. The molecular formula is C11H11ClN4O2. The van der Waals surface area contributed by atoms with Crippen molar-refractivity contribution in [2.75, 3.05) is 5.73 Å². The largest absolute Gasteiger partial charge is 0.392 e. The zero-order valence-electron chi connectivity index (χ0n) is 9.41. The molecule has 7 heteroatoms. The van der Waals surface area contributed by atoms with Crippen molar-refractivity contribution < 1.29 is 0 Å². The van der Waals surface area contributed by atoms with Gasteiger partial charge in [0.15, 0.2) is 5.15 Å². The summed E-state index contributed by atoms with van der Waals surface area (Å²) in [7, 11) is 0. The van der Waals surface area contributed by atoms with Crippen LogP contribution in [0.2, 0.25) is 5.15 Å². The fourth-order valence-electron chi connectivity index (χ4n) is 1.51. The molecule has 0 saturated carbocycles. The van der Waals surface area contributed by atoms with E-state index in [9.17, 15) is 9.59 Å². The number of hydrogen-bond donors (Lipinski definition) is 1. The number of nitrogens with two attached hydrogens (primary N) is 1. The minimum Gasteiger partial charge on any atom is -0.392 e. The van der Waals surface area contributed by atoms with Crippen molar-refractivity contribution in [3.05, 3.63) is 56.6 Å². The van der Waals surface area contributed by atoms with Crippen LogP contribution in [-0.2, 0) is 13.1 Å². The van der Waals surface area contributed by atoms with Crippen LogP contribution in [0.1, 0.15) is 0 Å². The molecule has 0 aliphatic heterocycles. The summed E-state index contributed by atoms with van der Waals surface area (Å²) in [6.07, 6.45) is 2.97. The Morgan fingerprint density at radius 1 is 1.22 bits per heavy atom. The Morgan fingerprint density at radius 2 is 1.94 bits per heavy atom. The summed E-state index contributed by atoms with van der Waals surface area (Å²) in [4.78, 5) is 27.0. The molecule has 2 N–H and O–H groups in total. The van der Waals surface area contributed by atoms with Gasteiger partial charge in [-0.1, -0.05) is 17.7 Å². The highest BCUT2D eigenvalue weighted by molar-refractivity contribution is 6.31. The Bertz CT molecular complexity index is 677. The Morgan fingerprint density at radius 3 is 2.67 bits per heavy atom. The molecule has 2 aromatic heterocycles. The van der Waals surface area contributed by atoms with Gasteiger partial charge < -0.3 is 10.3 Å². The van der Waals surface area contributed by atoms with Crippen molar-refractivity contribution in [1.29, 1.82) is 0 Å². The van der Waals surface area contributed by atoms with E-state index < -0.39 is 5.56 Å². The van der Waals surface area contributed by atoms with Crippen molar-refractivity contribution in [3.63, 3.8) is 0 Å². The lowest BCUT2D eigenvalue weighted by Crippen LogP contribution is -2.28. The third-order valence-electron chi connectivity index (χ3n) is 2.50. The van der Waals surface area contributed by atoms with E-state index in [1.54, 1.807) is 18.3 Å². The topological polar surface area (TPSA) is 82.9 Å². The fourth-order valence-corrected chi connectivity index (χ4v) is 1.63. The second-order valence-electron chi connectivity index (χ2n) is 3.68. The summed E-state index contributed by atoms with van der Waals surface area (Å²) in [5.41, 5.74) is 4.87.